The molecule has 6 nitrogen and oxygen atoms in total. The summed E-state index contributed by atoms with van der Waals surface area (Å²) in [6.07, 6.45) is 1.41. The average Bonchev–Trinajstić information content (AvgIpc) is 2.72. The predicted molar refractivity (Wildman–Crippen MR) is 98.1 cm³/mol. The number of nitrogens with one attached hydrogen (secondary N) is 1. The van der Waals surface area contributed by atoms with Gasteiger partial charge in [-0.3, -0.25) is 4.79 Å². The lowest BCUT2D eigenvalue weighted by Gasteiger charge is -2.13. The van der Waals surface area contributed by atoms with Gasteiger partial charge >= 0.3 is 0 Å². The first-order chi connectivity index (χ1) is 13.1. The van der Waals surface area contributed by atoms with Crippen LogP contribution in [0.25, 0.3) is 11.3 Å². The van der Waals surface area contributed by atoms with Crippen LogP contribution in [0.2, 0.25) is 0 Å². The molecule has 3 aromatic rings. The van der Waals surface area contributed by atoms with Gasteiger partial charge in [-0.05, 0) is 42.5 Å². The van der Waals surface area contributed by atoms with Gasteiger partial charge in [-0.15, -0.1) is 0 Å². The molecule has 0 unspecified atom stereocenters. The van der Waals surface area contributed by atoms with Crippen molar-refractivity contribution in [1.29, 1.82) is 0 Å². The molecule has 7 heteroatoms. The minimum Gasteiger partial charge on any atom is -0.496 e. The number of aromatic nitrogens is 2. The molecule has 1 N–H and O–H groups in total. The summed E-state index contributed by atoms with van der Waals surface area (Å²) in [5, 5.41) is 2.80. The summed E-state index contributed by atoms with van der Waals surface area (Å²) in [6, 6.07) is 12.9. The van der Waals surface area contributed by atoms with E-state index < -0.39 is 0 Å². The van der Waals surface area contributed by atoms with Gasteiger partial charge in [0.05, 0.1) is 32.2 Å². The van der Waals surface area contributed by atoms with Crippen molar-refractivity contribution in [2.75, 3.05) is 14.2 Å². The molecular formula is C20H18FN3O3. The maximum Gasteiger partial charge on any atom is 0.259 e. The van der Waals surface area contributed by atoms with Gasteiger partial charge in [0.15, 0.2) is 0 Å². The van der Waals surface area contributed by atoms with Crippen LogP contribution in [0.1, 0.15) is 16.1 Å². The fraction of sp³-hybridized carbons (Fsp3) is 0.150. The second kappa shape index (κ2) is 8.27. The van der Waals surface area contributed by atoms with Crippen molar-refractivity contribution in [3.05, 3.63) is 71.9 Å². The second-order valence-electron chi connectivity index (χ2n) is 5.62. The minimum absolute atomic E-state index is 0.191. The monoisotopic (exact) mass is 367 g/mol. The van der Waals surface area contributed by atoms with Gasteiger partial charge in [0.1, 0.15) is 29.2 Å². The predicted octanol–water partition coefficient (Wildman–Crippen LogP) is 3.23. The number of hydrogen-bond acceptors (Lipinski definition) is 5. The largest absolute Gasteiger partial charge is 0.496 e. The maximum absolute atomic E-state index is 13.1. The van der Waals surface area contributed by atoms with Crippen molar-refractivity contribution in [3.8, 4) is 22.8 Å². The van der Waals surface area contributed by atoms with E-state index in [1.807, 2.05) is 0 Å². The third-order valence-corrected chi connectivity index (χ3v) is 3.95. The summed E-state index contributed by atoms with van der Waals surface area (Å²) < 4.78 is 23.6. The Morgan fingerprint density at radius 2 is 1.70 bits per heavy atom. The standard InChI is InChI=1S/C20H18FN3O3/c1-26-17-4-3-5-18(27-2)19(17)20(25)22-11-15-10-16(24-12-23-15)13-6-8-14(21)9-7-13/h3-10,12H,11H2,1-2H3,(H,22,25). The first-order valence-corrected chi connectivity index (χ1v) is 8.18. The Labute approximate surface area is 156 Å². The number of carbonyl (C=O) groups excluding carboxylic acids is 1. The Bertz CT molecular complexity index is 923. The summed E-state index contributed by atoms with van der Waals surface area (Å²) in [6.45, 7) is 0.191. The Morgan fingerprint density at radius 1 is 1.04 bits per heavy atom. The number of ether oxygens (including phenoxy) is 2. The van der Waals surface area contributed by atoms with Gasteiger partial charge in [0, 0.05) is 5.56 Å². The van der Waals surface area contributed by atoms with E-state index in [4.69, 9.17) is 9.47 Å². The van der Waals surface area contributed by atoms with Crippen LogP contribution in [-0.2, 0) is 6.54 Å². The quantitative estimate of drug-likeness (QED) is 0.724. The molecule has 0 spiro atoms. The molecule has 1 heterocycles. The van der Waals surface area contributed by atoms with Crippen molar-refractivity contribution in [2.24, 2.45) is 0 Å². The zero-order valence-electron chi connectivity index (χ0n) is 14.9. The van der Waals surface area contributed by atoms with Crippen LogP contribution in [0.3, 0.4) is 0 Å². The second-order valence-corrected chi connectivity index (χ2v) is 5.62. The topological polar surface area (TPSA) is 73.3 Å². The summed E-state index contributed by atoms with van der Waals surface area (Å²) in [4.78, 5) is 21.0. The molecule has 1 aromatic heterocycles. The number of benzene rings is 2. The first-order valence-electron chi connectivity index (χ1n) is 8.18. The number of halogens is 1. The molecular weight excluding hydrogens is 349 g/mol. The molecule has 0 aliphatic heterocycles. The normalized spacial score (nSPS) is 10.3. The van der Waals surface area contributed by atoms with Crippen molar-refractivity contribution in [1.82, 2.24) is 15.3 Å². The van der Waals surface area contributed by atoms with Gasteiger partial charge in [-0.1, -0.05) is 6.07 Å². The number of rotatable bonds is 6. The van der Waals surface area contributed by atoms with Crippen molar-refractivity contribution < 1.29 is 18.7 Å². The highest BCUT2D eigenvalue weighted by Crippen LogP contribution is 2.28. The van der Waals surface area contributed by atoms with Crippen LogP contribution in [-0.4, -0.2) is 30.1 Å². The van der Waals surface area contributed by atoms with E-state index in [0.717, 1.165) is 5.56 Å². The third-order valence-electron chi connectivity index (χ3n) is 3.95. The molecule has 27 heavy (non-hydrogen) atoms. The molecule has 3 rings (SSSR count). The number of nitrogens with zero attached hydrogens (tertiary/aromatic N) is 2. The van der Waals surface area contributed by atoms with E-state index in [0.29, 0.717) is 28.5 Å². The molecule has 0 aliphatic carbocycles. The molecule has 0 atom stereocenters. The Balaban J connectivity index is 1.77. The molecule has 0 saturated heterocycles. The van der Waals surface area contributed by atoms with E-state index in [2.05, 4.69) is 15.3 Å². The highest BCUT2D eigenvalue weighted by molar-refractivity contribution is 5.99. The SMILES string of the molecule is COc1cccc(OC)c1C(=O)NCc1cc(-c2ccc(F)cc2)ncn1. The zero-order valence-corrected chi connectivity index (χ0v) is 14.9. The number of hydrogen-bond donors (Lipinski definition) is 1. The molecule has 2 aromatic carbocycles. The summed E-state index contributed by atoms with van der Waals surface area (Å²) >= 11 is 0. The Morgan fingerprint density at radius 3 is 2.33 bits per heavy atom. The average molecular weight is 367 g/mol. The molecule has 0 aliphatic rings. The van der Waals surface area contributed by atoms with Crippen LogP contribution in [0.5, 0.6) is 11.5 Å². The number of amides is 1. The molecule has 0 fully saturated rings. The van der Waals surface area contributed by atoms with E-state index in [1.54, 1.807) is 36.4 Å². The van der Waals surface area contributed by atoms with Gasteiger partial charge in [-0.2, -0.15) is 0 Å². The molecule has 0 radical (unpaired) electrons. The van der Waals surface area contributed by atoms with E-state index in [-0.39, 0.29) is 18.3 Å². The highest BCUT2D eigenvalue weighted by atomic mass is 19.1. The smallest absolute Gasteiger partial charge is 0.259 e. The van der Waals surface area contributed by atoms with Crippen molar-refractivity contribution >= 4 is 5.91 Å². The summed E-state index contributed by atoms with van der Waals surface area (Å²) in [5.74, 6) is 0.181. The van der Waals surface area contributed by atoms with Crippen LogP contribution < -0.4 is 14.8 Å². The van der Waals surface area contributed by atoms with Gasteiger partial charge < -0.3 is 14.8 Å². The lowest BCUT2D eigenvalue weighted by Crippen LogP contribution is -2.24. The molecule has 0 saturated carbocycles. The lowest BCUT2D eigenvalue weighted by molar-refractivity contribution is 0.0944. The lowest BCUT2D eigenvalue weighted by atomic mass is 10.1. The van der Waals surface area contributed by atoms with Crippen LogP contribution in [0, 0.1) is 5.82 Å². The van der Waals surface area contributed by atoms with Crippen LogP contribution >= 0.6 is 0 Å². The molecule has 138 valence electrons. The Hall–Kier alpha value is -3.48. The molecule has 0 bridgehead atoms. The van der Waals surface area contributed by atoms with E-state index in [9.17, 15) is 9.18 Å². The van der Waals surface area contributed by atoms with Crippen LogP contribution in [0.4, 0.5) is 4.39 Å². The third kappa shape index (κ3) is 4.20. The highest BCUT2D eigenvalue weighted by Gasteiger charge is 2.18. The van der Waals surface area contributed by atoms with Gasteiger partial charge in [0.2, 0.25) is 0 Å². The van der Waals surface area contributed by atoms with Gasteiger partial charge in [0.25, 0.3) is 5.91 Å². The number of carbonyl (C=O) groups is 1. The Kier molecular flexibility index (Phi) is 5.61. The maximum atomic E-state index is 13.1. The fourth-order valence-corrected chi connectivity index (χ4v) is 2.61. The zero-order chi connectivity index (χ0) is 19.2. The van der Waals surface area contributed by atoms with E-state index in [1.165, 1.54) is 32.7 Å². The van der Waals surface area contributed by atoms with Gasteiger partial charge in [-0.25, -0.2) is 14.4 Å². The van der Waals surface area contributed by atoms with E-state index >= 15 is 0 Å². The number of methoxy groups -OCH3 is 2. The van der Waals surface area contributed by atoms with Crippen molar-refractivity contribution in [3.63, 3.8) is 0 Å². The first kappa shape index (κ1) is 18.3. The minimum atomic E-state index is -0.341. The summed E-state index contributed by atoms with van der Waals surface area (Å²) in [7, 11) is 2.98. The van der Waals surface area contributed by atoms with Crippen LogP contribution in [0.15, 0.2) is 54.9 Å². The molecule has 1 amide bonds. The summed E-state index contributed by atoms with van der Waals surface area (Å²) in [5.41, 5.74) is 2.34. The fourth-order valence-electron chi connectivity index (χ4n) is 2.61. The van der Waals surface area contributed by atoms with Crippen molar-refractivity contribution in [2.45, 2.75) is 6.54 Å².